The second kappa shape index (κ2) is 42.7. The predicted molar refractivity (Wildman–Crippen MR) is 250 cm³/mol. The van der Waals surface area contributed by atoms with Gasteiger partial charge in [0.15, 0.2) is 6.29 Å². The van der Waals surface area contributed by atoms with Gasteiger partial charge in [-0.25, -0.2) is 4.79 Å². The number of esters is 3. The van der Waals surface area contributed by atoms with Crippen LogP contribution in [-0.4, -0.2) is 101 Å². The van der Waals surface area contributed by atoms with Gasteiger partial charge in [-0.05, 0) is 116 Å². The van der Waals surface area contributed by atoms with E-state index < -0.39 is 24.3 Å². The number of carbonyl (C=O) groups excluding carboxylic acids is 4. The summed E-state index contributed by atoms with van der Waals surface area (Å²) >= 11 is 0. The molecular weight excluding hydrogens is 803 g/mol. The molecule has 1 heterocycles. The van der Waals surface area contributed by atoms with Crippen molar-refractivity contribution in [1.29, 1.82) is 0 Å². The molecule has 2 unspecified atom stereocenters. The smallest absolute Gasteiger partial charge is 0.466 e. The van der Waals surface area contributed by atoms with Crippen LogP contribution in [0.25, 0.3) is 0 Å². The summed E-state index contributed by atoms with van der Waals surface area (Å²) in [6, 6.07) is 0. The molecule has 0 aliphatic carbocycles. The first kappa shape index (κ1) is 57.8. The third-order valence-electron chi connectivity index (χ3n) is 10.8. The van der Waals surface area contributed by atoms with E-state index in [9.17, 15) is 19.2 Å². The van der Waals surface area contributed by atoms with Crippen molar-refractivity contribution in [2.45, 2.75) is 188 Å². The first-order valence-corrected chi connectivity index (χ1v) is 25.0. The molecule has 0 spiro atoms. The summed E-state index contributed by atoms with van der Waals surface area (Å²) in [6.07, 6.45) is 32.3. The lowest BCUT2D eigenvalue weighted by Gasteiger charge is -2.31. The summed E-state index contributed by atoms with van der Waals surface area (Å²) in [5.41, 5.74) is 0. The Hall–Kier alpha value is -3.22. The van der Waals surface area contributed by atoms with Crippen LogP contribution in [0.3, 0.4) is 0 Å². The lowest BCUT2D eigenvalue weighted by molar-refractivity contribution is -0.161. The lowest BCUT2D eigenvalue weighted by Crippen LogP contribution is -2.37. The summed E-state index contributed by atoms with van der Waals surface area (Å²) in [4.78, 5) is 52.7. The largest absolute Gasteiger partial charge is 0.508 e. The molecule has 1 fully saturated rings. The van der Waals surface area contributed by atoms with Gasteiger partial charge in [0, 0.05) is 44.9 Å². The molecule has 1 saturated heterocycles. The maximum Gasteiger partial charge on any atom is 0.508 e. The van der Waals surface area contributed by atoms with Crippen molar-refractivity contribution in [2.75, 3.05) is 65.9 Å². The molecule has 63 heavy (non-hydrogen) atoms. The van der Waals surface area contributed by atoms with E-state index in [0.29, 0.717) is 45.5 Å². The van der Waals surface area contributed by atoms with Crippen LogP contribution in [0.4, 0.5) is 4.79 Å². The van der Waals surface area contributed by atoms with Gasteiger partial charge in [-0.1, -0.05) is 89.8 Å². The lowest BCUT2D eigenvalue weighted by atomic mass is 9.99. The zero-order chi connectivity index (χ0) is 45.9. The molecule has 12 nitrogen and oxygen atoms in total. The van der Waals surface area contributed by atoms with E-state index in [1.54, 1.807) is 0 Å². The van der Waals surface area contributed by atoms with Gasteiger partial charge in [0.25, 0.3) is 0 Å². The molecule has 364 valence electrons. The molecular formula is C51H89NO11. The standard InChI is InChI=1S/C51H89NO11/c1-5-9-12-15-18-19-24-27-37-57-47(53)32-25-20-21-26-33-48(54)60-42-46(44-63-51(56)62-41-45-31-30-36-52(8-4)40-45)43-61-49(55)34-35-50(58-38-28-22-16-13-10-6-2)59-39-29-23-17-14-11-7-3/h10-11,13-14,18-19,45-46,50H,5-9,12,15-17,20-44H2,1-4H3/b13-10-,14-11-,19-18-. The van der Waals surface area contributed by atoms with Gasteiger partial charge < -0.3 is 38.1 Å². The number of carbonyl (C=O) groups is 4. The summed E-state index contributed by atoms with van der Waals surface area (Å²) in [5.74, 6) is -1.32. The van der Waals surface area contributed by atoms with Crippen LogP contribution in [-0.2, 0) is 47.5 Å². The number of ether oxygens (including phenoxy) is 7. The van der Waals surface area contributed by atoms with Crippen molar-refractivity contribution < 1.29 is 52.3 Å². The van der Waals surface area contributed by atoms with E-state index in [4.69, 9.17) is 33.2 Å². The van der Waals surface area contributed by atoms with Gasteiger partial charge in [-0.2, -0.15) is 0 Å². The van der Waals surface area contributed by atoms with Crippen LogP contribution >= 0.6 is 0 Å². The summed E-state index contributed by atoms with van der Waals surface area (Å²) < 4.78 is 39.5. The molecule has 0 aromatic carbocycles. The minimum atomic E-state index is -0.791. The highest BCUT2D eigenvalue weighted by Gasteiger charge is 2.23. The van der Waals surface area contributed by atoms with E-state index in [2.05, 4.69) is 69.1 Å². The number of likely N-dealkylation sites (tertiary alicyclic amines) is 1. The molecule has 0 saturated carbocycles. The third-order valence-corrected chi connectivity index (χ3v) is 10.8. The SMILES string of the molecule is CC/C=C\CCCCOC(CCC(=O)OCC(COC(=O)CCCCCCC(=O)OCCC/C=C\CCCCC)COC(=O)OCC1CCCN(CC)C1)OCCCC/C=C\CC. The Morgan fingerprint density at radius 3 is 1.68 bits per heavy atom. The quantitative estimate of drug-likeness (QED) is 0.0190. The molecule has 0 radical (unpaired) electrons. The van der Waals surface area contributed by atoms with E-state index >= 15 is 0 Å². The van der Waals surface area contributed by atoms with E-state index in [1.807, 2.05) is 0 Å². The van der Waals surface area contributed by atoms with E-state index in [1.165, 1.54) is 19.3 Å². The zero-order valence-corrected chi connectivity index (χ0v) is 40.2. The summed E-state index contributed by atoms with van der Waals surface area (Å²) in [6.45, 7) is 13.0. The number of hydrogen-bond acceptors (Lipinski definition) is 12. The zero-order valence-electron chi connectivity index (χ0n) is 40.2. The minimum absolute atomic E-state index is 0.0797. The number of piperidine rings is 1. The Morgan fingerprint density at radius 2 is 1.10 bits per heavy atom. The number of hydrogen-bond donors (Lipinski definition) is 0. The molecule has 2 atom stereocenters. The van der Waals surface area contributed by atoms with Crippen LogP contribution in [0.5, 0.6) is 0 Å². The highest BCUT2D eigenvalue weighted by Crippen LogP contribution is 2.17. The van der Waals surface area contributed by atoms with Crippen LogP contribution in [0.1, 0.15) is 182 Å². The second-order valence-corrected chi connectivity index (χ2v) is 16.7. The molecule has 1 aliphatic heterocycles. The Bertz CT molecular complexity index is 1200. The van der Waals surface area contributed by atoms with Gasteiger partial charge in [0.1, 0.15) is 19.8 Å². The molecule has 0 N–H and O–H groups in total. The number of unbranched alkanes of at least 4 members (excludes halogenated alkanes) is 11. The monoisotopic (exact) mass is 892 g/mol. The molecule has 1 aliphatic rings. The Balaban J connectivity index is 2.56. The Labute approximate surface area is 382 Å². The summed E-state index contributed by atoms with van der Waals surface area (Å²) in [7, 11) is 0. The Morgan fingerprint density at radius 1 is 0.556 bits per heavy atom. The third kappa shape index (κ3) is 36.8. The number of rotatable bonds is 41. The van der Waals surface area contributed by atoms with Crippen LogP contribution in [0, 0.1) is 11.8 Å². The second-order valence-electron chi connectivity index (χ2n) is 16.7. The first-order valence-electron chi connectivity index (χ1n) is 25.0. The van der Waals surface area contributed by atoms with Crippen LogP contribution in [0.2, 0.25) is 0 Å². The molecule has 0 aromatic rings. The van der Waals surface area contributed by atoms with E-state index in [0.717, 1.165) is 116 Å². The number of nitrogens with zero attached hydrogens (tertiary/aromatic N) is 1. The van der Waals surface area contributed by atoms with Gasteiger partial charge in [0.2, 0.25) is 0 Å². The minimum Gasteiger partial charge on any atom is -0.466 e. The number of allylic oxidation sites excluding steroid dienone is 6. The van der Waals surface area contributed by atoms with Crippen molar-refractivity contribution in [1.82, 2.24) is 4.90 Å². The van der Waals surface area contributed by atoms with Crippen molar-refractivity contribution >= 4 is 24.1 Å². The van der Waals surface area contributed by atoms with Crippen LogP contribution in [0.15, 0.2) is 36.5 Å². The van der Waals surface area contributed by atoms with Crippen molar-refractivity contribution in [2.24, 2.45) is 11.8 Å². The molecule has 0 bridgehead atoms. The van der Waals surface area contributed by atoms with Crippen molar-refractivity contribution in [3.63, 3.8) is 0 Å². The fourth-order valence-corrected chi connectivity index (χ4v) is 6.98. The topological polar surface area (TPSA) is 136 Å². The van der Waals surface area contributed by atoms with Gasteiger partial charge in [-0.15, -0.1) is 0 Å². The maximum atomic E-state index is 13.0. The van der Waals surface area contributed by atoms with Crippen LogP contribution < -0.4 is 0 Å². The first-order chi connectivity index (χ1) is 30.8. The molecule has 0 amide bonds. The fourth-order valence-electron chi connectivity index (χ4n) is 6.98. The fraction of sp³-hybridized carbons (Fsp3) is 0.804. The molecule has 12 heteroatoms. The highest BCUT2D eigenvalue weighted by molar-refractivity contribution is 5.70. The Kier molecular flexibility index (Phi) is 39.2. The molecule has 0 aromatic heterocycles. The maximum absolute atomic E-state index is 13.0. The predicted octanol–water partition coefficient (Wildman–Crippen LogP) is 11.8. The van der Waals surface area contributed by atoms with Crippen molar-refractivity contribution in [3.8, 4) is 0 Å². The van der Waals surface area contributed by atoms with Gasteiger partial charge >= 0.3 is 24.1 Å². The average molecular weight is 892 g/mol. The average Bonchev–Trinajstić information content (AvgIpc) is 3.29. The van der Waals surface area contributed by atoms with Gasteiger partial charge in [-0.3, -0.25) is 14.4 Å². The highest BCUT2D eigenvalue weighted by atomic mass is 16.7. The summed E-state index contributed by atoms with van der Waals surface area (Å²) in [5, 5.41) is 0. The normalized spacial score (nSPS) is 15.1. The van der Waals surface area contributed by atoms with E-state index in [-0.39, 0.29) is 57.1 Å². The molecule has 1 rings (SSSR count). The van der Waals surface area contributed by atoms with Gasteiger partial charge in [0.05, 0.1) is 25.6 Å². The van der Waals surface area contributed by atoms with Crippen molar-refractivity contribution in [3.05, 3.63) is 36.5 Å².